The Morgan fingerprint density at radius 3 is 2.38 bits per heavy atom. The second-order valence-electron chi connectivity index (χ2n) is 7.19. The van der Waals surface area contributed by atoms with E-state index in [4.69, 9.17) is 0 Å². The van der Waals surface area contributed by atoms with Gasteiger partial charge in [-0.15, -0.1) is 0 Å². The summed E-state index contributed by atoms with van der Waals surface area (Å²) in [6.45, 7) is 5.21. The molecule has 2 rings (SSSR count). The van der Waals surface area contributed by atoms with Gasteiger partial charge in [0.05, 0.1) is 0 Å². The summed E-state index contributed by atoms with van der Waals surface area (Å²) in [7, 11) is 0. The molecule has 0 bridgehead atoms. The van der Waals surface area contributed by atoms with Gasteiger partial charge in [0, 0.05) is 35.3 Å². The number of hydrogen-bond acceptors (Lipinski definition) is 2. The van der Waals surface area contributed by atoms with Gasteiger partial charge in [0.2, 0.25) is 11.8 Å². The summed E-state index contributed by atoms with van der Waals surface area (Å²) in [6, 6.07) is 8.16. The molecule has 0 aliphatic heterocycles. The smallest absolute Gasteiger partial charge is 0.223 e. The molecular weight excluding hydrogens is 368 g/mol. The van der Waals surface area contributed by atoms with Crippen LogP contribution < -0.4 is 10.6 Å². The average Bonchev–Trinajstić information content (AvgIpc) is 3.08. The van der Waals surface area contributed by atoms with Crippen molar-refractivity contribution in [1.29, 1.82) is 0 Å². The predicted molar refractivity (Wildman–Crippen MR) is 99.8 cm³/mol. The van der Waals surface area contributed by atoms with Gasteiger partial charge in [0.15, 0.2) is 0 Å². The number of amides is 2. The van der Waals surface area contributed by atoms with Crippen LogP contribution in [0.1, 0.15) is 51.5 Å². The van der Waals surface area contributed by atoms with E-state index in [1.807, 2.05) is 12.1 Å². The van der Waals surface area contributed by atoms with Crippen molar-refractivity contribution in [1.82, 2.24) is 10.6 Å². The molecule has 1 aliphatic carbocycles. The minimum absolute atomic E-state index is 0.0214. The zero-order chi connectivity index (χ0) is 17.6. The Kier molecular flexibility index (Phi) is 6.84. The molecule has 0 saturated heterocycles. The molecule has 1 aliphatic rings. The first-order valence-electron chi connectivity index (χ1n) is 8.69. The van der Waals surface area contributed by atoms with Gasteiger partial charge < -0.3 is 10.6 Å². The van der Waals surface area contributed by atoms with Gasteiger partial charge in [-0.3, -0.25) is 9.59 Å². The summed E-state index contributed by atoms with van der Waals surface area (Å²) in [5.41, 5.74) is 1.05. The van der Waals surface area contributed by atoms with Crippen LogP contribution in [0.15, 0.2) is 28.7 Å². The van der Waals surface area contributed by atoms with Crippen molar-refractivity contribution in [3.05, 3.63) is 34.3 Å². The number of halogens is 1. The van der Waals surface area contributed by atoms with E-state index in [1.54, 1.807) is 0 Å². The second-order valence-corrected chi connectivity index (χ2v) is 8.11. The molecule has 4 nitrogen and oxygen atoms in total. The third kappa shape index (κ3) is 5.62. The summed E-state index contributed by atoms with van der Waals surface area (Å²) in [5.74, 6) is 0.242. The first-order chi connectivity index (χ1) is 11.4. The summed E-state index contributed by atoms with van der Waals surface area (Å²) < 4.78 is 1.05. The van der Waals surface area contributed by atoms with Crippen LogP contribution in [0.25, 0.3) is 0 Å². The minimum atomic E-state index is -0.135. The van der Waals surface area contributed by atoms with Gasteiger partial charge in [0.25, 0.3) is 0 Å². The second kappa shape index (κ2) is 8.65. The van der Waals surface area contributed by atoms with Crippen LogP contribution in [-0.2, 0) is 15.0 Å². The van der Waals surface area contributed by atoms with Crippen LogP contribution in [0, 0.1) is 5.92 Å². The molecule has 1 aromatic carbocycles. The number of benzene rings is 1. The van der Waals surface area contributed by atoms with Gasteiger partial charge in [-0.05, 0) is 30.5 Å². The Hall–Kier alpha value is -1.36. The fourth-order valence-corrected chi connectivity index (χ4v) is 3.31. The largest absolute Gasteiger partial charge is 0.355 e. The zero-order valence-electron chi connectivity index (χ0n) is 14.5. The quantitative estimate of drug-likeness (QED) is 0.742. The molecule has 0 aromatic heterocycles. The number of nitrogens with one attached hydrogen (secondary N) is 2. The fraction of sp³-hybridized carbons (Fsp3) is 0.579. The summed E-state index contributed by atoms with van der Waals surface area (Å²) >= 11 is 3.43. The van der Waals surface area contributed by atoms with E-state index in [0.717, 1.165) is 30.2 Å². The third-order valence-electron chi connectivity index (χ3n) is 4.73. The molecule has 1 saturated carbocycles. The molecule has 2 N–H and O–H groups in total. The molecule has 5 heteroatoms. The predicted octanol–water partition coefficient (Wildman–Crippen LogP) is 3.54. The van der Waals surface area contributed by atoms with Crippen LogP contribution in [0.4, 0.5) is 0 Å². The third-order valence-corrected chi connectivity index (χ3v) is 5.26. The van der Waals surface area contributed by atoms with Crippen molar-refractivity contribution in [2.45, 2.75) is 51.4 Å². The van der Waals surface area contributed by atoms with Crippen molar-refractivity contribution in [2.24, 2.45) is 5.92 Å². The standard InChI is InChI=1S/C19H27BrN2O2/c1-19(2,15-7-9-16(20)10-8-15)13-22-17(23)11-12-21-18(24)14-5-3-4-6-14/h7-10,14H,3-6,11-13H2,1-2H3,(H,21,24)(H,22,23). The van der Waals surface area contributed by atoms with E-state index >= 15 is 0 Å². The lowest BCUT2D eigenvalue weighted by Gasteiger charge is -2.25. The van der Waals surface area contributed by atoms with Crippen LogP contribution in [0.2, 0.25) is 0 Å². The Balaban J connectivity index is 1.70. The number of carbonyl (C=O) groups is 2. The van der Waals surface area contributed by atoms with E-state index in [0.29, 0.717) is 19.5 Å². The van der Waals surface area contributed by atoms with E-state index in [-0.39, 0.29) is 23.1 Å². The highest BCUT2D eigenvalue weighted by atomic mass is 79.9. The average molecular weight is 395 g/mol. The maximum absolute atomic E-state index is 12.0. The first kappa shape index (κ1) is 19.0. The molecule has 132 valence electrons. The molecule has 2 amide bonds. The molecule has 0 heterocycles. The molecule has 0 atom stereocenters. The van der Waals surface area contributed by atoms with Crippen LogP contribution in [0.3, 0.4) is 0 Å². The molecule has 1 aromatic rings. The molecule has 24 heavy (non-hydrogen) atoms. The molecule has 0 unspecified atom stereocenters. The molecule has 1 fully saturated rings. The fourth-order valence-electron chi connectivity index (χ4n) is 3.04. The zero-order valence-corrected chi connectivity index (χ0v) is 16.1. The van der Waals surface area contributed by atoms with E-state index in [1.165, 1.54) is 5.56 Å². The lowest BCUT2D eigenvalue weighted by atomic mass is 9.84. The van der Waals surface area contributed by atoms with Gasteiger partial charge in [0.1, 0.15) is 0 Å². The lowest BCUT2D eigenvalue weighted by molar-refractivity contribution is -0.125. The number of hydrogen-bond donors (Lipinski definition) is 2. The Bertz CT molecular complexity index is 563. The number of carbonyl (C=O) groups excluding carboxylic acids is 2. The van der Waals surface area contributed by atoms with Gasteiger partial charge in [-0.25, -0.2) is 0 Å². The van der Waals surface area contributed by atoms with Crippen molar-refractivity contribution < 1.29 is 9.59 Å². The van der Waals surface area contributed by atoms with E-state index in [2.05, 4.69) is 52.5 Å². The molecule has 0 radical (unpaired) electrons. The number of rotatable bonds is 7. The first-order valence-corrected chi connectivity index (χ1v) is 9.48. The van der Waals surface area contributed by atoms with Crippen molar-refractivity contribution in [2.75, 3.05) is 13.1 Å². The van der Waals surface area contributed by atoms with Crippen molar-refractivity contribution >= 4 is 27.7 Å². The van der Waals surface area contributed by atoms with Crippen molar-refractivity contribution in [3.8, 4) is 0 Å². The highest BCUT2D eigenvalue weighted by Crippen LogP contribution is 2.25. The van der Waals surface area contributed by atoms with Crippen molar-refractivity contribution in [3.63, 3.8) is 0 Å². The van der Waals surface area contributed by atoms with Gasteiger partial charge in [-0.2, -0.15) is 0 Å². The maximum Gasteiger partial charge on any atom is 0.223 e. The summed E-state index contributed by atoms with van der Waals surface area (Å²) in [4.78, 5) is 23.9. The van der Waals surface area contributed by atoms with Crippen LogP contribution in [0.5, 0.6) is 0 Å². The topological polar surface area (TPSA) is 58.2 Å². The van der Waals surface area contributed by atoms with Crippen LogP contribution >= 0.6 is 15.9 Å². The monoisotopic (exact) mass is 394 g/mol. The highest BCUT2D eigenvalue weighted by Gasteiger charge is 2.23. The highest BCUT2D eigenvalue weighted by molar-refractivity contribution is 9.10. The van der Waals surface area contributed by atoms with Gasteiger partial charge in [-0.1, -0.05) is 54.8 Å². The van der Waals surface area contributed by atoms with E-state index < -0.39 is 0 Å². The minimum Gasteiger partial charge on any atom is -0.355 e. The van der Waals surface area contributed by atoms with E-state index in [9.17, 15) is 9.59 Å². The Morgan fingerprint density at radius 1 is 1.12 bits per heavy atom. The van der Waals surface area contributed by atoms with Crippen LogP contribution in [-0.4, -0.2) is 24.9 Å². The molecule has 0 spiro atoms. The summed E-state index contributed by atoms with van der Waals surface area (Å²) in [5, 5.41) is 5.86. The normalized spacial score (nSPS) is 15.3. The Labute approximate surface area is 152 Å². The van der Waals surface area contributed by atoms with Gasteiger partial charge >= 0.3 is 0 Å². The maximum atomic E-state index is 12.0. The lowest BCUT2D eigenvalue weighted by Crippen LogP contribution is -2.38. The Morgan fingerprint density at radius 2 is 1.75 bits per heavy atom. The summed E-state index contributed by atoms with van der Waals surface area (Å²) in [6.07, 6.45) is 4.58. The SMILES string of the molecule is CC(C)(CNC(=O)CCNC(=O)C1CCCC1)c1ccc(Br)cc1. The molecular formula is C19H27BrN2O2.